The first-order valence-electron chi connectivity index (χ1n) is 6.00. The van der Waals surface area contributed by atoms with Gasteiger partial charge in [-0.05, 0) is 42.6 Å². The maximum atomic E-state index is 3.67. The van der Waals surface area contributed by atoms with Gasteiger partial charge in [-0.15, -0.1) is 11.8 Å². The molecular formula is C14H21BrS. The van der Waals surface area contributed by atoms with E-state index in [2.05, 4.69) is 60.1 Å². The van der Waals surface area contributed by atoms with Crippen molar-refractivity contribution in [3.05, 3.63) is 30.3 Å². The Morgan fingerprint density at radius 3 is 2.25 bits per heavy atom. The van der Waals surface area contributed by atoms with Crippen molar-refractivity contribution in [1.82, 2.24) is 0 Å². The first kappa shape index (κ1) is 14.1. The molecule has 0 aliphatic rings. The predicted octanol–water partition coefficient (Wildman–Crippen LogP) is 5.37. The molecule has 90 valence electrons. The lowest BCUT2D eigenvalue weighted by Gasteiger charge is -2.29. The van der Waals surface area contributed by atoms with Crippen molar-refractivity contribution in [1.29, 1.82) is 0 Å². The molecule has 0 saturated heterocycles. The van der Waals surface area contributed by atoms with Gasteiger partial charge in [-0.1, -0.05) is 48.0 Å². The normalized spacial score (nSPS) is 11.7. The van der Waals surface area contributed by atoms with Gasteiger partial charge < -0.3 is 0 Å². The first-order chi connectivity index (χ1) is 7.76. The highest BCUT2D eigenvalue weighted by Gasteiger charge is 2.23. The molecule has 0 N–H and O–H groups in total. The van der Waals surface area contributed by atoms with Crippen LogP contribution in [0.2, 0.25) is 0 Å². The Kier molecular flexibility index (Phi) is 6.52. The second-order valence-electron chi connectivity index (χ2n) is 4.25. The molecule has 0 aliphatic heterocycles. The maximum absolute atomic E-state index is 3.67. The van der Waals surface area contributed by atoms with Crippen LogP contribution in [0.5, 0.6) is 0 Å². The van der Waals surface area contributed by atoms with Gasteiger partial charge in [-0.3, -0.25) is 0 Å². The summed E-state index contributed by atoms with van der Waals surface area (Å²) in [7, 11) is 0. The summed E-state index contributed by atoms with van der Waals surface area (Å²) in [6.45, 7) is 4.61. The fourth-order valence-electron chi connectivity index (χ4n) is 1.76. The molecule has 0 spiro atoms. The topological polar surface area (TPSA) is 0 Å². The Hall–Kier alpha value is 0.0500. The van der Waals surface area contributed by atoms with Gasteiger partial charge in [0.15, 0.2) is 0 Å². The van der Waals surface area contributed by atoms with E-state index in [0.29, 0.717) is 5.41 Å². The van der Waals surface area contributed by atoms with E-state index in [1.807, 2.05) is 11.8 Å². The average molecular weight is 301 g/mol. The highest BCUT2D eigenvalue weighted by Crippen LogP contribution is 2.35. The van der Waals surface area contributed by atoms with Crippen LogP contribution in [0, 0.1) is 5.41 Å². The molecule has 0 unspecified atom stereocenters. The maximum Gasteiger partial charge on any atom is 0.00880 e. The van der Waals surface area contributed by atoms with Gasteiger partial charge in [0.25, 0.3) is 0 Å². The second-order valence-corrected chi connectivity index (χ2v) is 5.98. The Morgan fingerprint density at radius 2 is 1.75 bits per heavy atom. The van der Waals surface area contributed by atoms with E-state index in [-0.39, 0.29) is 0 Å². The Labute approximate surface area is 112 Å². The lowest BCUT2D eigenvalue weighted by Crippen LogP contribution is -2.21. The minimum atomic E-state index is 0.502. The smallest absolute Gasteiger partial charge is 0.00880 e. The summed E-state index contributed by atoms with van der Waals surface area (Å²) < 4.78 is 0. The van der Waals surface area contributed by atoms with Gasteiger partial charge in [0.05, 0.1) is 0 Å². The third kappa shape index (κ3) is 4.14. The SMILES string of the molecule is CCC(CC)(CBr)CCSc1ccccc1. The van der Waals surface area contributed by atoms with Gasteiger partial charge in [-0.2, -0.15) is 0 Å². The molecule has 0 aromatic heterocycles. The highest BCUT2D eigenvalue weighted by atomic mass is 79.9. The van der Waals surface area contributed by atoms with Crippen LogP contribution < -0.4 is 0 Å². The van der Waals surface area contributed by atoms with Crippen LogP contribution in [0.3, 0.4) is 0 Å². The van der Waals surface area contributed by atoms with Crippen LogP contribution in [0.25, 0.3) is 0 Å². The van der Waals surface area contributed by atoms with Crippen molar-refractivity contribution < 1.29 is 0 Å². The number of hydrogen-bond donors (Lipinski definition) is 0. The second kappa shape index (κ2) is 7.39. The van der Waals surface area contributed by atoms with Gasteiger partial charge in [0.1, 0.15) is 0 Å². The Morgan fingerprint density at radius 1 is 1.12 bits per heavy atom. The summed E-state index contributed by atoms with van der Waals surface area (Å²) in [6.07, 6.45) is 3.83. The molecular weight excluding hydrogens is 280 g/mol. The molecule has 0 atom stereocenters. The molecule has 0 bridgehead atoms. The van der Waals surface area contributed by atoms with E-state index in [1.165, 1.54) is 29.9 Å². The van der Waals surface area contributed by atoms with Crippen LogP contribution in [0.1, 0.15) is 33.1 Å². The van der Waals surface area contributed by atoms with Crippen LogP contribution in [-0.4, -0.2) is 11.1 Å². The standard InChI is InChI=1S/C14H21BrS/c1-3-14(4-2,12-15)10-11-16-13-8-6-5-7-9-13/h5-9H,3-4,10-12H2,1-2H3. The van der Waals surface area contributed by atoms with Crippen molar-refractivity contribution in [3.63, 3.8) is 0 Å². The molecule has 0 amide bonds. The molecule has 0 aliphatic carbocycles. The molecule has 0 heterocycles. The zero-order valence-electron chi connectivity index (χ0n) is 10.2. The predicted molar refractivity (Wildman–Crippen MR) is 78.6 cm³/mol. The van der Waals surface area contributed by atoms with E-state index < -0.39 is 0 Å². The van der Waals surface area contributed by atoms with Crippen molar-refractivity contribution in [2.24, 2.45) is 5.41 Å². The molecule has 1 rings (SSSR count). The van der Waals surface area contributed by atoms with Crippen LogP contribution in [0.15, 0.2) is 35.2 Å². The van der Waals surface area contributed by atoms with Crippen LogP contribution in [0.4, 0.5) is 0 Å². The summed E-state index contributed by atoms with van der Waals surface area (Å²) in [5, 5.41) is 1.13. The summed E-state index contributed by atoms with van der Waals surface area (Å²) in [5.41, 5.74) is 0.502. The van der Waals surface area contributed by atoms with Crippen LogP contribution >= 0.6 is 27.7 Å². The Bertz CT molecular complexity index is 272. The molecule has 0 radical (unpaired) electrons. The lowest BCUT2D eigenvalue weighted by molar-refractivity contribution is 0.300. The molecule has 1 aromatic carbocycles. The fourth-order valence-corrected chi connectivity index (χ4v) is 3.96. The molecule has 0 saturated carbocycles. The minimum Gasteiger partial charge on any atom is -0.126 e. The third-order valence-corrected chi connectivity index (χ3v) is 5.63. The average Bonchev–Trinajstić information content (AvgIpc) is 2.37. The van der Waals surface area contributed by atoms with Gasteiger partial charge in [0, 0.05) is 10.2 Å². The van der Waals surface area contributed by atoms with Gasteiger partial charge >= 0.3 is 0 Å². The first-order valence-corrected chi connectivity index (χ1v) is 8.11. The molecule has 16 heavy (non-hydrogen) atoms. The summed E-state index contributed by atoms with van der Waals surface area (Å²) in [6, 6.07) is 10.7. The zero-order valence-corrected chi connectivity index (χ0v) is 12.6. The minimum absolute atomic E-state index is 0.502. The third-order valence-electron chi connectivity index (χ3n) is 3.43. The Balaban J connectivity index is 2.39. The van der Waals surface area contributed by atoms with E-state index >= 15 is 0 Å². The van der Waals surface area contributed by atoms with Gasteiger partial charge in [0.2, 0.25) is 0 Å². The van der Waals surface area contributed by atoms with Crippen molar-refractivity contribution in [3.8, 4) is 0 Å². The largest absolute Gasteiger partial charge is 0.126 e. The van der Waals surface area contributed by atoms with Crippen LogP contribution in [-0.2, 0) is 0 Å². The highest BCUT2D eigenvalue weighted by molar-refractivity contribution is 9.09. The number of hydrogen-bond acceptors (Lipinski definition) is 1. The summed E-state index contributed by atoms with van der Waals surface area (Å²) in [5.74, 6) is 1.22. The molecule has 0 nitrogen and oxygen atoms in total. The fraction of sp³-hybridized carbons (Fsp3) is 0.571. The van der Waals surface area contributed by atoms with Crippen molar-refractivity contribution in [2.45, 2.75) is 38.0 Å². The number of alkyl halides is 1. The van der Waals surface area contributed by atoms with E-state index in [0.717, 1.165) is 5.33 Å². The van der Waals surface area contributed by atoms with E-state index in [1.54, 1.807) is 0 Å². The quantitative estimate of drug-likeness (QED) is 0.482. The number of benzene rings is 1. The lowest BCUT2D eigenvalue weighted by atomic mass is 9.82. The summed E-state index contributed by atoms with van der Waals surface area (Å²) in [4.78, 5) is 1.39. The molecule has 0 fully saturated rings. The number of rotatable bonds is 7. The zero-order chi connectivity index (χ0) is 11.9. The molecule has 2 heteroatoms. The van der Waals surface area contributed by atoms with E-state index in [4.69, 9.17) is 0 Å². The number of halogens is 1. The van der Waals surface area contributed by atoms with Crippen molar-refractivity contribution in [2.75, 3.05) is 11.1 Å². The summed E-state index contributed by atoms with van der Waals surface area (Å²) >= 11 is 5.64. The number of thioether (sulfide) groups is 1. The monoisotopic (exact) mass is 300 g/mol. The molecule has 1 aromatic rings. The van der Waals surface area contributed by atoms with E-state index in [9.17, 15) is 0 Å². The van der Waals surface area contributed by atoms with Gasteiger partial charge in [-0.25, -0.2) is 0 Å². The van der Waals surface area contributed by atoms with Crippen molar-refractivity contribution >= 4 is 27.7 Å².